The molecule has 0 atom stereocenters. The summed E-state index contributed by atoms with van der Waals surface area (Å²) >= 11 is 0. The Labute approximate surface area is 136 Å². The molecule has 2 aromatic rings. The van der Waals surface area contributed by atoms with E-state index in [0.717, 1.165) is 6.07 Å². The van der Waals surface area contributed by atoms with E-state index in [1.165, 1.54) is 18.2 Å². The molecule has 0 aliphatic heterocycles. The molecular formula is C16H17F3N2O3. The number of hydrogen-bond acceptors (Lipinski definition) is 3. The molecule has 0 fully saturated rings. The van der Waals surface area contributed by atoms with E-state index in [-0.39, 0.29) is 12.2 Å². The van der Waals surface area contributed by atoms with Crippen LogP contribution in [0.3, 0.4) is 0 Å². The molecule has 2 N–H and O–H groups in total. The zero-order chi connectivity index (χ0) is 17.4. The normalized spacial score (nSPS) is 11.3. The Kier molecular flexibility index (Phi) is 6.25. The molecule has 0 radical (unpaired) electrons. The first-order chi connectivity index (χ1) is 11.5. The van der Waals surface area contributed by atoms with Crippen LogP contribution in [-0.2, 0) is 17.5 Å². The van der Waals surface area contributed by atoms with Crippen LogP contribution >= 0.6 is 0 Å². The van der Waals surface area contributed by atoms with E-state index >= 15 is 0 Å². The number of furan rings is 1. The third-order valence-electron chi connectivity index (χ3n) is 3.06. The predicted octanol–water partition coefficient (Wildman–Crippen LogP) is 4.03. The maximum Gasteiger partial charge on any atom is 0.418 e. The third-order valence-corrected chi connectivity index (χ3v) is 3.06. The van der Waals surface area contributed by atoms with Gasteiger partial charge < -0.3 is 19.8 Å². The van der Waals surface area contributed by atoms with E-state index in [1.807, 2.05) is 0 Å². The van der Waals surface area contributed by atoms with E-state index in [4.69, 9.17) is 9.15 Å². The SMILES string of the molecule is O=C(NCCCOCc1ccco1)Nc1ccccc1C(F)(F)F. The van der Waals surface area contributed by atoms with Crippen LogP contribution in [0.4, 0.5) is 23.7 Å². The van der Waals surface area contributed by atoms with Crippen LogP contribution in [0.1, 0.15) is 17.7 Å². The second-order valence-corrected chi connectivity index (χ2v) is 4.91. The van der Waals surface area contributed by atoms with Crippen molar-refractivity contribution in [3.63, 3.8) is 0 Å². The number of carbonyl (C=O) groups is 1. The van der Waals surface area contributed by atoms with Gasteiger partial charge in [-0.25, -0.2) is 4.79 Å². The van der Waals surface area contributed by atoms with Gasteiger partial charge in [0, 0.05) is 13.2 Å². The molecule has 24 heavy (non-hydrogen) atoms. The fourth-order valence-electron chi connectivity index (χ4n) is 1.95. The summed E-state index contributed by atoms with van der Waals surface area (Å²) in [6, 6.07) is 7.65. The number of alkyl halides is 3. The molecule has 0 aliphatic carbocycles. The molecule has 0 spiro atoms. The van der Waals surface area contributed by atoms with Gasteiger partial charge in [0.25, 0.3) is 0 Å². The van der Waals surface area contributed by atoms with Crippen LogP contribution < -0.4 is 10.6 Å². The van der Waals surface area contributed by atoms with Gasteiger partial charge in [0.1, 0.15) is 12.4 Å². The molecule has 0 aliphatic rings. The summed E-state index contributed by atoms with van der Waals surface area (Å²) in [5.74, 6) is 0.699. The minimum atomic E-state index is -4.52. The van der Waals surface area contributed by atoms with Crippen molar-refractivity contribution in [2.24, 2.45) is 0 Å². The number of carbonyl (C=O) groups excluding carboxylic acids is 1. The monoisotopic (exact) mass is 342 g/mol. The lowest BCUT2D eigenvalue weighted by Crippen LogP contribution is -2.30. The second-order valence-electron chi connectivity index (χ2n) is 4.91. The fraction of sp³-hybridized carbons (Fsp3) is 0.312. The van der Waals surface area contributed by atoms with Gasteiger partial charge >= 0.3 is 12.2 Å². The van der Waals surface area contributed by atoms with Gasteiger partial charge in [0.05, 0.1) is 17.5 Å². The summed E-state index contributed by atoms with van der Waals surface area (Å²) in [4.78, 5) is 11.7. The molecule has 1 aromatic carbocycles. The summed E-state index contributed by atoms with van der Waals surface area (Å²) < 4.78 is 48.8. The molecule has 0 saturated heterocycles. The lowest BCUT2D eigenvalue weighted by molar-refractivity contribution is -0.136. The molecule has 2 amide bonds. The molecule has 130 valence electrons. The highest BCUT2D eigenvalue weighted by molar-refractivity contribution is 5.90. The van der Waals surface area contributed by atoms with Gasteiger partial charge in [0.2, 0.25) is 0 Å². The Morgan fingerprint density at radius 1 is 1.17 bits per heavy atom. The maximum atomic E-state index is 12.8. The van der Waals surface area contributed by atoms with Crippen molar-refractivity contribution in [3.8, 4) is 0 Å². The number of hydrogen-bond donors (Lipinski definition) is 2. The summed E-state index contributed by atoms with van der Waals surface area (Å²) in [5.41, 5.74) is -1.17. The average molecular weight is 342 g/mol. The first-order valence-corrected chi connectivity index (χ1v) is 7.28. The van der Waals surface area contributed by atoms with Crippen LogP contribution in [0.25, 0.3) is 0 Å². The predicted molar refractivity (Wildman–Crippen MR) is 81.4 cm³/mol. The van der Waals surface area contributed by atoms with Crippen molar-refractivity contribution >= 4 is 11.7 Å². The Balaban J connectivity index is 1.68. The number of ether oxygens (including phenoxy) is 1. The third kappa shape index (κ3) is 5.62. The zero-order valence-electron chi connectivity index (χ0n) is 12.7. The van der Waals surface area contributed by atoms with Crippen LogP contribution in [0.15, 0.2) is 47.1 Å². The smallest absolute Gasteiger partial charge is 0.418 e. The minimum Gasteiger partial charge on any atom is -0.467 e. The summed E-state index contributed by atoms with van der Waals surface area (Å²) in [6.07, 6.45) is -2.46. The minimum absolute atomic E-state index is 0.276. The van der Waals surface area contributed by atoms with Gasteiger partial charge in [-0.3, -0.25) is 0 Å². The van der Waals surface area contributed by atoms with E-state index < -0.39 is 17.8 Å². The number of rotatable bonds is 7. The first kappa shape index (κ1) is 17.9. The molecule has 1 heterocycles. The highest BCUT2D eigenvalue weighted by atomic mass is 19.4. The Hall–Kier alpha value is -2.48. The summed E-state index contributed by atoms with van der Waals surface area (Å²) in [5, 5.41) is 4.69. The Morgan fingerprint density at radius 3 is 2.67 bits per heavy atom. The summed E-state index contributed by atoms with van der Waals surface area (Å²) in [6.45, 7) is 0.996. The zero-order valence-corrected chi connectivity index (χ0v) is 12.7. The second kappa shape index (κ2) is 8.39. The lowest BCUT2D eigenvalue weighted by Gasteiger charge is -2.14. The Morgan fingerprint density at radius 2 is 1.96 bits per heavy atom. The van der Waals surface area contributed by atoms with Gasteiger partial charge in [-0.1, -0.05) is 12.1 Å². The largest absolute Gasteiger partial charge is 0.467 e. The highest BCUT2D eigenvalue weighted by Crippen LogP contribution is 2.34. The number of benzene rings is 1. The van der Waals surface area contributed by atoms with Crippen molar-refractivity contribution in [3.05, 3.63) is 54.0 Å². The van der Waals surface area contributed by atoms with Crippen molar-refractivity contribution in [2.45, 2.75) is 19.2 Å². The molecule has 8 heteroatoms. The molecule has 0 unspecified atom stereocenters. The molecule has 5 nitrogen and oxygen atoms in total. The average Bonchev–Trinajstić information content (AvgIpc) is 3.03. The molecule has 0 saturated carbocycles. The van der Waals surface area contributed by atoms with E-state index in [0.29, 0.717) is 25.4 Å². The van der Waals surface area contributed by atoms with Crippen LogP contribution in [0.5, 0.6) is 0 Å². The first-order valence-electron chi connectivity index (χ1n) is 7.28. The molecule has 1 aromatic heterocycles. The topological polar surface area (TPSA) is 63.5 Å². The van der Waals surface area contributed by atoms with Crippen LogP contribution in [-0.4, -0.2) is 19.2 Å². The van der Waals surface area contributed by atoms with Crippen LogP contribution in [0.2, 0.25) is 0 Å². The molecular weight excluding hydrogens is 325 g/mol. The van der Waals surface area contributed by atoms with E-state index in [9.17, 15) is 18.0 Å². The van der Waals surface area contributed by atoms with Gasteiger partial charge in [-0.2, -0.15) is 13.2 Å². The molecule has 2 rings (SSSR count). The van der Waals surface area contributed by atoms with Gasteiger partial charge in [0.15, 0.2) is 0 Å². The van der Waals surface area contributed by atoms with Gasteiger partial charge in [-0.15, -0.1) is 0 Å². The van der Waals surface area contributed by atoms with E-state index in [1.54, 1.807) is 18.4 Å². The number of para-hydroxylation sites is 1. The van der Waals surface area contributed by atoms with Gasteiger partial charge in [-0.05, 0) is 30.7 Å². The molecule has 0 bridgehead atoms. The van der Waals surface area contributed by atoms with Crippen molar-refractivity contribution < 1.29 is 27.1 Å². The maximum absolute atomic E-state index is 12.8. The number of anilines is 1. The fourth-order valence-corrected chi connectivity index (χ4v) is 1.95. The number of halogens is 3. The van der Waals surface area contributed by atoms with Crippen LogP contribution in [0, 0.1) is 0 Å². The number of urea groups is 1. The number of amides is 2. The van der Waals surface area contributed by atoms with Crippen molar-refractivity contribution in [2.75, 3.05) is 18.5 Å². The Bertz CT molecular complexity index is 642. The van der Waals surface area contributed by atoms with E-state index in [2.05, 4.69) is 10.6 Å². The van der Waals surface area contributed by atoms with Crippen molar-refractivity contribution in [1.29, 1.82) is 0 Å². The standard InChI is InChI=1S/C16H17F3N2O3/c17-16(18,19)13-6-1-2-7-14(13)21-15(22)20-8-4-9-23-11-12-5-3-10-24-12/h1-3,5-7,10H,4,8-9,11H2,(H2,20,21,22). The number of nitrogens with one attached hydrogen (secondary N) is 2. The lowest BCUT2D eigenvalue weighted by atomic mass is 10.1. The highest BCUT2D eigenvalue weighted by Gasteiger charge is 2.33. The quantitative estimate of drug-likeness (QED) is 0.747. The van der Waals surface area contributed by atoms with Crippen molar-refractivity contribution in [1.82, 2.24) is 5.32 Å². The summed E-state index contributed by atoms with van der Waals surface area (Å²) in [7, 11) is 0.